The molecule has 0 aromatic heterocycles. The molecule has 3 rings (SSSR count). The molecular weight excluding hydrogens is 344 g/mol. The summed E-state index contributed by atoms with van der Waals surface area (Å²) in [5.41, 5.74) is 7.70. The fraction of sp³-hybridized carbons (Fsp3) is 0.294. The highest BCUT2D eigenvalue weighted by Gasteiger charge is 2.39. The third kappa shape index (κ3) is 2.44. The van der Waals surface area contributed by atoms with Crippen molar-refractivity contribution < 1.29 is 9.53 Å². The van der Waals surface area contributed by atoms with Gasteiger partial charge in [-0.15, -0.1) is 0 Å². The molecule has 4 nitrogen and oxygen atoms in total. The van der Waals surface area contributed by atoms with Crippen molar-refractivity contribution in [2.24, 2.45) is 11.7 Å². The van der Waals surface area contributed by atoms with Crippen LogP contribution in [0.5, 0.6) is 0 Å². The molecule has 0 fully saturated rings. The molecule has 1 aromatic carbocycles. The number of allylic oxidation sites excluding steroid dienone is 3. The fourth-order valence-electron chi connectivity index (χ4n) is 3.08. The second kappa shape index (κ2) is 5.62. The van der Waals surface area contributed by atoms with Gasteiger partial charge >= 0.3 is 0 Å². The number of Topliss-reactive ketones (excluding diaryl/α,β-unsaturated/α-hetero) is 1. The van der Waals surface area contributed by atoms with E-state index in [9.17, 15) is 10.1 Å². The van der Waals surface area contributed by atoms with Gasteiger partial charge in [-0.3, -0.25) is 4.79 Å². The van der Waals surface area contributed by atoms with E-state index in [0.29, 0.717) is 29.7 Å². The SMILES string of the molecule is C[C@H]1CC(=O)C2=C(C1)OC(N)=C(C#N)[C@H]2c1ccc(Br)cc1. The maximum atomic E-state index is 12.5. The molecule has 2 N–H and O–H groups in total. The number of halogens is 1. The maximum Gasteiger partial charge on any atom is 0.205 e. The number of benzene rings is 1. The van der Waals surface area contributed by atoms with E-state index in [4.69, 9.17) is 10.5 Å². The summed E-state index contributed by atoms with van der Waals surface area (Å²) in [7, 11) is 0. The van der Waals surface area contributed by atoms with Crippen LogP contribution in [0.2, 0.25) is 0 Å². The number of hydrogen-bond acceptors (Lipinski definition) is 4. The molecule has 1 heterocycles. The Morgan fingerprint density at radius 2 is 2.00 bits per heavy atom. The molecular formula is C17H15BrN2O2. The number of ether oxygens (including phenoxy) is 1. The average Bonchev–Trinajstić information content (AvgIpc) is 2.46. The van der Waals surface area contributed by atoms with Gasteiger partial charge in [0.25, 0.3) is 0 Å². The van der Waals surface area contributed by atoms with Gasteiger partial charge in [-0.05, 0) is 23.6 Å². The van der Waals surface area contributed by atoms with Crippen molar-refractivity contribution >= 4 is 21.7 Å². The van der Waals surface area contributed by atoms with Crippen molar-refractivity contribution in [2.75, 3.05) is 0 Å². The molecule has 0 spiro atoms. The second-order valence-electron chi connectivity index (χ2n) is 5.75. The van der Waals surface area contributed by atoms with E-state index >= 15 is 0 Å². The first-order valence-corrected chi connectivity index (χ1v) is 7.89. The monoisotopic (exact) mass is 358 g/mol. The standard InChI is InChI=1S/C17H15BrN2O2/c1-9-6-13(21)16-14(7-9)22-17(20)12(8-19)15(16)10-2-4-11(18)5-3-10/h2-5,9,15H,6-7,20H2,1H3/t9-,15+/m0/s1. The molecule has 2 aliphatic rings. The Bertz CT molecular complexity index is 741. The van der Waals surface area contributed by atoms with E-state index in [1.54, 1.807) is 0 Å². The molecule has 2 atom stereocenters. The number of carbonyl (C=O) groups is 1. The molecule has 0 bridgehead atoms. The van der Waals surface area contributed by atoms with E-state index in [0.717, 1.165) is 10.0 Å². The van der Waals surface area contributed by atoms with Crippen molar-refractivity contribution in [3.05, 3.63) is 57.1 Å². The number of hydrogen-bond donors (Lipinski definition) is 1. The van der Waals surface area contributed by atoms with Crippen LogP contribution in [0, 0.1) is 17.2 Å². The molecule has 0 amide bonds. The Balaban J connectivity index is 2.16. The van der Waals surface area contributed by atoms with Crippen LogP contribution in [0.4, 0.5) is 0 Å². The minimum Gasteiger partial charge on any atom is -0.444 e. The quantitative estimate of drug-likeness (QED) is 0.833. The summed E-state index contributed by atoms with van der Waals surface area (Å²) in [6.07, 6.45) is 1.15. The lowest BCUT2D eigenvalue weighted by Gasteiger charge is -2.32. The van der Waals surface area contributed by atoms with Gasteiger partial charge in [0.1, 0.15) is 17.4 Å². The smallest absolute Gasteiger partial charge is 0.205 e. The van der Waals surface area contributed by atoms with E-state index in [1.165, 1.54) is 0 Å². The van der Waals surface area contributed by atoms with Crippen molar-refractivity contribution in [1.29, 1.82) is 5.26 Å². The Morgan fingerprint density at radius 3 is 2.64 bits per heavy atom. The minimum absolute atomic E-state index is 0.0434. The Kier molecular flexibility index (Phi) is 3.79. The summed E-state index contributed by atoms with van der Waals surface area (Å²) >= 11 is 3.40. The van der Waals surface area contributed by atoms with Crippen LogP contribution in [0.1, 0.15) is 31.2 Å². The van der Waals surface area contributed by atoms with Crippen LogP contribution >= 0.6 is 15.9 Å². The van der Waals surface area contributed by atoms with Gasteiger partial charge in [0.15, 0.2) is 5.78 Å². The van der Waals surface area contributed by atoms with Crippen LogP contribution in [0.15, 0.2) is 51.5 Å². The van der Waals surface area contributed by atoms with Crippen LogP contribution < -0.4 is 5.73 Å². The van der Waals surface area contributed by atoms with Crippen molar-refractivity contribution in [2.45, 2.75) is 25.7 Å². The zero-order valence-corrected chi connectivity index (χ0v) is 13.7. The molecule has 1 aliphatic heterocycles. The van der Waals surface area contributed by atoms with Gasteiger partial charge in [0.2, 0.25) is 5.88 Å². The number of nitrogens with two attached hydrogens (primary N) is 1. The van der Waals surface area contributed by atoms with Crippen LogP contribution in [-0.4, -0.2) is 5.78 Å². The average molecular weight is 359 g/mol. The maximum absolute atomic E-state index is 12.5. The second-order valence-corrected chi connectivity index (χ2v) is 6.67. The lowest BCUT2D eigenvalue weighted by atomic mass is 9.75. The van der Waals surface area contributed by atoms with Gasteiger partial charge < -0.3 is 10.5 Å². The molecule has 22 heavy (non-hydrogen) atoms. The van der Waals surface area contributed by atoms with Crippen LogP contribution in [-0.2, 0) is 9.53 Å². The largest absolute Gasteiger partial charge is 0.444 e. The third-order valence-electron chi connectivity index (χ3n) is 4.07. The van der Waals surface area contributed by atoms with Crippen LogP contribution in [0.3, 0.4) is 0 Å². The number of carbonyl (C=O) groups excluding carboxylic acids is 1. The lowest BCUT2D eigenvalue weighted by molar-refractivity contribution is -0.117. The van der Waals surface area contributed by atoms with Crippen LogP contribution in [0.25, 0.3) is 0 Å². The van der Waals surface area contributed by atoms with Gasteiger partial charge in [-0.25, -0.2) is 0 Å². The molecule has 1 aliphatic carbocycles. The summed E-state index contributed by atoms with van der Waals surface area (Å²) in [4.78, 5) is 12.5. The summed E-state index contributed by atoms with van der Waals surface area (Å²) in [5, 5.41) is 9.47. The zero-order valence-electron chi connectivity index (χ0n) is 12.1. The number of rotatable bonds is 1. The van der Waals surface area contributed by atoms with Gasteiger partial charge in [0.05, 0.1) is 5.92 Å². The topological polar surface area (TPSA) is 76.1 Å². The highest BCUT2D eigenvalue weighted by atomic mass is 79.9. The molecule has 0 unspecified atom stereocenters. The Labute approximate surface area is 137 Å². The summed E-state index contributed by atoms with van der Waals surface area (Å²) in [6, 6.07) is 9.71. The first kappa shape index (κ1) is 14.9. The highest BCUT2D eigenvalue weighted by molar-refractivity contribution is 9.10. The fourth-order valence-corrected chi connectivity index (χ4v) is 3.35. The number of ketones is 1. The van der Waals surface area contributed by atoms with E-state index in [-0.39, 0.29) is 17.6 Å². The van der Waals surface area contributed by atoms with Crippen molar-refractivity contribution in [3.63, 3.8) is 0 Å². The molecule has 5 heteroatoms. The van der Waals surface area contributed by atoms with Gasteiger partial charge in [0, 0.05) is 22.9 Å². The minimum atomic E-state index is -0.429. The third-order valence-corrected chi connectivity index (χ3v) is 4.60. The first-order chi connectivity index (χ1) is 10.5. The summed E-state index contributed by atoms with van der Waals surface area (Å²) in [5.74, 6) is 0.571. The number of nitrogens with zero attached hydrogens (tertiary/aromatic N) is 1. The highest BCUT2D eigenvalue weighted by Crippen LogP contribution is 2.44. The molecule has 1 aromatic rings. The Hall–Kier alpha value is -2.06. The molecule has 0 radical (unpaired) electrons. The van der Waals surface area contributed by atoms with E-state index in [1.807, 2.05) is 31.2 Å². The molecule has 112 valence electrons. The van der Waals surface area contributed by atoms with E-state index in [2.05, 4.69) is 22.0 Å². The van der Waals surface area contributed by atoms with Gasteiger partial charge in [-0.1, -0.05) is 35.0 Å². The summed E-state index contributed by atoms with van der Waals surface area (Å²) in [6.45, 7) is 2.01. The zero-order chi connectivity index (χ0) is 15.9. The van der Waals surface area contributed by atoms with Crippen molar-refractivity contribution in [3.8, 4) is 6.07 Å². The predicted molar refractivity (Wildman–Crippen MR) is 85.2 cm³/mol. The normalized spacial score (nSPS) is 24.7. The molecule has 0 saturated carbocycles. The Morgan fingerprint density at radius 1 is 1.32 bits per heavy atom. The molecule has 0 saturated heterocycles. The lowest BCUT2D eigenvalue weighted by Crippen LogP contribution is -2.29. The van der Waals surface area contributed by atoms with E-state index < -0.39 is 5.92 Å². The first-order valence-electron chi connectivity index (χ1n) is 7.10. The summed E-state index contributed by atoms with van der Waals surface area (Å²) < 4.78 is 6.54. The predicted octanol–water partition coefficient (Wildman–Crippen LogP) is 3.51. The number of nitriles is 1. The van der Waals surface area contributed by atoms with Crippen molar-refractivity contribution in [1.82, 2.24) is 0 Å². The van der Waals surface area contributed by atoms with Gasteiger partial charge in [-0.2, -0.15) is 5.26 Å².